The van der Waals surface area contributed by atoms with Gasteiger partial charge in [0.1, 0.15) is 0 Å². The Morgan fingerprint density at radius 1 is 1.47 bits per heavy atom. The summed E-state index contributed by atoms with van der Waals surface area (Å²) in [5.41, 5.74) is 6.68. The molecular weight excluding hydrogens is 192 g/mol. The van der Waals surface area contributed by atoms with E-state index in [4.69, 9.17) is 5.73 Å². The molecule has 15 heavy (non-hydrogen) atoms. The predicted octanol–water partition coefficient (Wildman–Crippen LogP) is 0.460. The molecule has 0 fully saturated rings. The molecule has 0 aliphatic heterocycles. The average molecular weight is 212 g/mol. The van der Waals surface area contributed by atoms with E-state index >= 15 is 0 Å². The maximum absolute atomic E-state index is 9.73. The van der Waals surface area contributed by atoms with Gasteiger partial charge in [0.2, 0.25) is 0 Å². The van der Waals surface area contributed by atoms with Gasteiger partial charge in [-0.3, -0.25) is 0 Å². The quantitative estimate of drug-likeness (QED) is 0.743. The zero-order valence-electron chi connectivity index (χ0n) is 9.69. The molecular formula is C10H20N4O. The van der Waals surface area contributed by atoms with Gasteiger partial charge in [0.15, 0.2) is 0 Å². The highest BCUT2D eigenvalue weighted by Crippen LogP contribution is 2.12. The van der Waals surface area contributed by atoms with E-state index in [9.17, 15) is 5.11 Å². The average Bonchev–Trinajstić information content (AvgIpc) is 2.47. The summed E-state index contributed by atoms with van der Waals surface area (Å²) in [4.78, 5) is 0. The Hall–Kier alpha value is -0.940. The molecule has 86 valence electrons. The van der Waals surface area contributed by atoms with Crippen LogP contribution in [0.15, 0.2) is 0 Å². The van der Waals surface area contributed by atoms with Crippen molar-refractivity contribution in [3.05, 3.63) is 11.4 Å². The molecule has 0 aliphatic rings. The van der Waals surface area contributed by atoms with Gasteiger partial charge in [0.25, 0.3) is 0 Å². The first-order valence-electron chi connectivity index (χ1n) is 5.31. The highest BCUT2D eigenvalue weighted by Gasteiger charge is 2.18. The lowest BCUT2D eigenvalue weighted by atomic mass is 10.1. The first-order valence-corrected chi connectivity index (χ1v) is 5.31. The zero-order chi connectivity index (χ0) is 11.5. The Balaban J connectivity index is 2.91. The molecule has 5 nitrogen and oxygen atoms in total. The Morgan fingerprint density at radius 3 is 2.60 bits per heavy atom. The Labute approximate surface area is 90.3 Å². The molecule has 1 aromatic rings. The molecule has 0 bridgehead atoms. The van der Waals surface area contributed by atoms with Gasteiger partial charge in [-0.2, -0.15) is 0 Å². The molecule has 0 aliphatic carbocycles. The van der Waals surface area contributed by atoms with E-state index < -0.39 is 5.60 Å². The van der Waals surface area contributed by atoms with Crippen LogP contribution in [0.4, 0.5) is 0 Å². The molecule has 1 heterocycles. The van der Waals surface area contributed by atoms with Gasteiger partial charge in [-0.15, -0.1) is 5.10 Å². The number of hydrogen-bond donors (Lipinski definition) is 2. The van der Waals surface area contributed by atoms with Crippen molar-refractivity contribution in [2.75, 3.05) is 0 Å². The first-order chi connectivity index (χ1) is 6.98. The van der Waals surface area contributed by atoms with Gasteiger partial charge in [0.05, 0.1) is 23.5 Å². The van der Waals surface area contributed by atoms with Crippen molar-refractivity contribution in [3.8, 4) is 0 Å². The van der Waals surface area contributed by atoms with Crippen molar-refractivity contribution in [1.29, 1.82) is 0 Å². The largest absolute Gasteiger partial charge is 0.389 e. The van der Waals surface area contributed by atoms with Crippen LogP contribution in [0.3, 0.4) is 0 Å². The van der Waals surface area contributed by atoms with E-state index in [0.717, 1.165) is 24.2 Å². The van der Waals surface area contributed by atoms with Gasteiger partial charge in [-0.25, -0.2) is 4.68 Å². The van der Waals surface area contributed by atoms with Gasteiger partial charge in [-0.1, -0.05) is 18.6 Å². The minimum absolute atomic E-state index is 0.404. The zero-order valence-corrected chi connectivity index (χ0v) is 9.69. The van der Waals surface area contributed by atoms with Crippen molar-refractivity contribution in [2.24, 2.45) is 5.73 Å². The Bertz CT molecular complexity index is 314. The van der Waals surface area contributed by atoms with E-state index in [1.165, 1.54) is 0 Å². The minimum Gasteiger partial charge on any atom is -0.389 e. The summed E-state index contributed by atoms with van der Waals surface area (Å²) >= 11 is 0. The highest BCUT2D eigenvalue weighted by atomic mass is 16.3. The lowest BCUT2D eigenvalue weighted by Gasteiger charge is -2.18. The summed E-state index contributed by atoms with van der Waals surface area (Å²) in [5.74, 6) is 0. The molecule has 3 N–H and O–H groups in total. The van der Waals surface area contributed by atoms with Gasteiger partial charge >= 0.3 is 0 Å². The van der Waals surface area contributed by atoms with Crippen LogP contribution in [0.25, 0.3) is 0 Å². The third-order valence-corrected chi connectivity index (χ3v) is 2.13. The number of rotatable bonds is 5. The molecule has 0 unspecified atom stereocenters. The lowest BCUT2D eigenvalue weighted by Crippen LogP contribution is -2.28. The second kappa shape index (κ2) is 4.72. The maximum Gasteiger partial charge on any atom is 0.0994 e. The van der Waals surface area contributed by atoms with E-state index in [-0.39, 0.29) is 0 Å². The molecule has 0 saturated heterocycles. The third-order valence-electron chi connectivity index (χ3n) is 2.13. The Kier molecular flexibility index (Phi) is 3.82. The Morgan fingerprint density at radius 2 is 2.13 bits per heavy atom. The maximum atomic E-state index is 9.73. The van der Waals surface area contributed by atoms with Crippen LogP contribution in [-0.2, 0) is 19.5 Å². The molecule has 0 atom stereocenters. The smallest absolute Gasteiger partial charge is 0.0994 e. The summed E-state index contributed by atoms with van der Waals surface area (Å²) in [6.45, 7) is 6.47. The number of nitrogens with two attached hydrogens (primary N) is 1. The van der Waals surface area contributed by atoms with Crippen LogP contribution in [0.2, 0.25) is 0 Å². The monoisotopic (exact) mass is 212 g/mol. The summed E-state index contributed by atoms with van der Waals surface area (Å²) in [5, 5.41) is 17.8. The standard InChI is InChI=1S/C10H20N4O/c1-4-5-9-8(6-11)12-13-14(9)7-10(2,3)15/h15H,4-7,11H2,1-3H3. The van der Waals surface area contributed by atoms with Crippen LogP contribution in [0.5, 0.6) is 0 Å². The molecule has 1 rings (SSSR count). The third kappa shape index (κ3) is 3.28. The van der Waals surface area contributed by atoms with Gasteiger partial charge in [-0.05, 0) is 20.3 Å². The van der Waals surface area contributed by atoms with Crippen LogP contribution in [0, 0.1) is 0 Å². The van der Waals surface area contributed by atoms with Crippen LogP contribution >= 0.6 is 0 Å². The van der Waals surface area contributed by atoms with Crippen molar-refractivity contribution >= 4 is 0 Å². The molecule has 0 spiro atoms. The van der Waals surface area contributed by atoms with Crippen molar-refractivity contribution in [3.63, 3.8) is 0 Å². The number of aliphatic hydroxyl groups is 1. The van der Waals surface area contributed by atoms with Crippen molar-refractivity contribution in [1.82, 2.24) is 15.0 Å². The summed E-state index contributed by atoms with van der Waals surface area (Å²) in [6.07, 6.45) is 1.92. The SMILES string of the molecule is CCCc1c(CN)nnn1CC(C)(C)O. The van der Waals surface area contributed by atoms with E-state index in [1.54, 1.807) is 18.5 Å². The van der Waals surface area contributed by atoms with Crippen LogP contribution in [0.1, 0.15) is 38.6 Å². The molecule has 0 radical (unpaired) electrons. The van der Waals surface area contributed by atoms with E-state index in [2.05, 4.69) is 17.2 Å². The van der Waals surface area contributed by atoms with Crippen LogP contribution < -0.4 is 5.73 Å². The van der Waals surface area contributed by atoms with Crippen molar-refractivity contribution < 1.29 is 5.11 Å². The van der Waals surface area contributed by atoms with E-state index in [0.29, 0.717) is 13.1 Å². The van der Waals surface area contributed by atoms with Crippen molar-refractivity contribution in [2.45, 2.75) is 52.3 Å². The number of hydrogen-bond acceptors (Lipinski definition) is 4. The summed E-state index contributed by atoms with van der Waals surface area (Å²) in [7, 11) is 0. The first kappa shape index (κ1) is 12.1. The second-order valence-electron chi connectivity index (χ2n) is 4.41. The fourth-order valence-corrected chi connectivity index (χ4v) is 1.53. The lowest BCUT2D eigenvalue weighted by molar-refractivity contribution is 0.0562. The van der Waals surface area contributed by atoms with Gasteiger partial charge < -0.3 is 10.8 Å². The summed E-state index contributed by atoms with van der Waals surface area (Å²) < 4.78 is 1.76. The fraction of sp³-hybridized carbons (Fsp3) is 0.800. The van der Waals surface area contributed by atoms with E-state index in [1.807, 2.05) is 0 Å². The topological polar surface area (TPSA) is 77.0 Å². The predicted molar refractivity (Wildman–Crippen MR) is 58.2 cm³/mol. The molecule has 0 amide bonds. The fourth-order valence-electron chi connectivity index (χ4n) is 1.53. The van der Waals surface area contributed by atoms with Gasteiger partial charge in [0, 0.05) is 6.54 Å². The molecule has 5 heteroatoms. The minimum atomic E-state index is -0.776. The second-order valence-corrected chi connectivity index (χ2v) is 4.41. The molecule has 1 aromatic heterocycles. The normalized spacial score (nSPS) is 12.1. The molecule has 0 aromatic carbocycles. The van der Waals surface area contributed by atoms with Crippen LogP contribution in [-0.4, -0.2) is 25.7 Å². The molecule has 0 saturated carbocycles. The highest BCUT2D eigenvalue weighted by molar-refractivity contribution is 5.10. The number of aromatic nitrogens is 3. The summed E-state index contributed by atoms with van der Waals surface area (Å²) in [6, 6.07) is 0. The number of nitrogens with zero attached hydrogens (tertiary/aromatic N) is 3.